The topological polar surface area (TPSA) is 40.5 Å². The fraction of sp³-hybridized carbons (Fsp3) is 0.500. The zero-order valence-electron chi connectivity index (χ0n) is 10.2. The summed E-state index contributed by atoms with van der Waals surface area (Å²) in [5.41, 5.74) is 1.94. The van der Waals surface area contributed by atoms with Gasteiger partial charge in [0.1, 0.15) is 0 Å². The highest BCUT2D eigenvalue weighted by atomic mass is 16.3. The van der Waals surface area contributed by atoms with Crippen molar-refractivity contribution < 1.29 is 9.90 Å². The lowest BCUT2D eigenvalue weighted by molar-refractivity contribution is 0.101. The molecule has 0 aromatic heterocycles. The monoisotopic (exact) mass is 233 g/mol. The molecule has 0 amide bonds. The van der Waals surface area contributed by atoms with E-state index < -0.39 is 0 Å². The largest absolute Gasteiger partial charge is 0.396 e. The quantitative estimate of drug-likeness (QED) is 0.810. The smallest absolute Gasteiger partial charge is 0.159 e. The molecule has 2 rings (SSSR count). The van der Waals surface area contributed by atoms with Crippen molar-refractivity contribution in [1.29, 1.82) is 0 Å². The third-order valence-electron chi connectivity index (χ3n) is 3.46. The Kier molecular flexibility index (Phi) is 3.79. The number of benzene rings is 1. The van der Waals surface area contributed by atoms with E-state index in [-0.39, 0.29) is 12.4 Å². The normalized spacial score (nSPS) is 19.6. The Labute approximate surface area is 102 Å². The van der Waals surface area contributed by atoms with Crippen LogP contribution in [0.4, 0.5) is 5.69 Å². The van der Waals surface area contributed by atoms with Crippen LogP contribution >= 0.6 is 0 Å². The van der Waals surface area contributed by atoms with Gasteiger partial charge in [0.2, 0.25) is 0 Å². The van der Waals surface area contributed by atoms with Gasteiger partial charge in [0, 0.05) is 30.9 Å². The van der Waals surface area contributed by atoms with Crippen LogP contribution < -0.4 is 4.90 Å². The Balaban J connectivity index is 2.01. The predicted octanol–water partition coefficient (Wildman–Crippen LogP) is 2.10. The van der Waals surface area contributed by atoms with Crippen LogP contribution in [0.1, 0.15) is 30.1 Å². The Morgan fingerprint density at radius 3 is 2.71 bits per heavy atom. The molecule has 0 saturated carbocycles. The van der Waals surface area contributed by atoms with E-state index in [4.69, 9.17) is 5.11 Å². The number of aliphatic hydroxyl groups excluding tert-OH is 1. The SMILES string of the molecule is CC(=O)c1ccc(N2CCC(CCO)C2)cc1. The number of carbonyl (C=O) groups excluding carboxylic acids is 1. The van der Waals surface area contributed by atoms with Gasteiger partial charge in [-0.15, -0.1) is 0 Å². The van der Waals surface area contributed by atoms with Gasteiger partial charge in [-0.05, 0) is 49.9 Å². The molecule has 1 fully saturated rings. The molecule has 1 aliphatic heterocycles. The molecule has 3 heteroatoms. The lowest BCUT2D eigenvalue weighted by Crippen LogP contribution is -2.19. The summed E-state index contributed by atoms with van der Waals surface area (Å²) in [4.78, 5) is 13.5. The Morgan fingerprint density at radius 1 is 1.41 bits per heavy atom. The molecule has 1 aromatic carbocycles. The summed E-state index contributed by atoms with van der Waals surface area (Å²) in [6, 6.07) is 7.80. The van der Waals surface area contributed by atoms with E-state index >= 15 is 0 Å². The van der Waals surface area contributed by atoms with E-state index in [0.717, 1.165) is 31.5 Å². The lowest BCUT2D eigenvalue weighted by Gasteiger charge is -2.18. The highest BCUT2D eigenvalue weighted by Crippen LogP contribution is 2.25. The number of hydrogen-bond acceptors (Lipinski definition) is 3. The van der Waals surface area contributed by atoms with Crippen LogP contribution in [0, 0.1) is 5.92 Å². The van der Waals surface area contributed by atoms with E-state index in [1.54, 1.807) is 6.92 Å². The van der Waals surface area contributed by atoms with E-state index in [2.05, 4.69) is 4.90 Å². The summed E-state index contributed by atoms with van der Waals surface area (Å²) in [5.74, 6) is 0.712. The molecule has 0 bridgehead atoms. The number of carbonyl (C=O) groups is 1. The number of Topliss-reactive ketones (excluding diaryl/α,β-unsaturated/α-hetero) is 1. The highest BCUT2D eigenvalue weighted by molar-refractivity contribution is 5.94. The number of nitrogens with zero attached hydrogens (tertiary/aromatic N) is 1. The van der Waals surface area contributed by atoms with E-state index in [1.807, 2.05) is 24.3 Å². The second kappa shape index (κ2) is 5.32. The van der Waals surface area contributed by atoms with Gasteiger partial charge in [0.05, 0.1) is 0 Å². The molecule has 1 aromatic rings. The minimum atomic E-state index is 0.108. The third kappa shape index (κ3) is 2.86. The molecular formula is C14H19NO2. The van der Waals surface area contributed by atoms with Crippen LogP contribution in [0.2, 0.25) is 0 Å². The number of aliphatic hydroxyl groups is 1. The van der Waals surface area contributed by atoms with E-state index in [0.29, 0.717) is 5.92 Å². The first-order chi connectivity index (χ1) is 8.20. The molecule has 1 aliphatic rings. The van der Waals surface area contributed by atoms with Crippen LogP contribution in [0.5, 0.6) is 0 Å². The summed E-state index contributed by atoms with van der Waals surface area (Å²) < 4.78 is 0. The molecule has 17 heavy (non-hydrogen) atoms. The Hall–Kier alpha value is -1.35. The summed E-state index contributed by atoms with van der Waals surface area (Å²) in [6.07, 6.45) is 2.04. The predicted molar refractivity (Wildman–Crippen MR) is 68.5 cm³/mol. The van der Waals surface area contributed by atoms with Crippen LogP contribution in [0.3, 0.4) is 0 Å². The number of anilines is 1. The van der Waals surface area contributed by atoms with Gasteiger partial charge < -0.3 is 10.0 Å². The van der Waals surface area contributed by atoms with Crippen molar-refractivity contribution in [2.45, 2.75) is 19.8 Å². The maximum Gasteiger partial charge on any atom is 0.159 e. The maximum absolute atomic E-state index is 11.2. The lowest BCUT2D eigenvalue weighted by atomic mass is 10.1. The Morgan fingerprint density at radius 2 is 2.12 bits per heavy atom. The van der Waals surface area contributed by atoms with Crippen molar-refractivity contribution in [3.8, 4) is 0 Å². The molecule has 1 N–H and O–H groups in total. The second-order valence-electron chi connectivity index (χ2n) is 4.72. The summed E-state index contributed by atoms with van der Waals surface area (Å²) in [7, 11) is 0. The van der Waals surface area contributed by atoms with Crippen molar-refractivity contribution in [2.24, 2.45) is 5.92 Å². The van der Waals surface area contributed by atoms with Crippen molar-refractivity contribution in [2.75, 3.05) is 24.6 Å². The summed E-state index contributed by atoms with van der Waals surface area (Å²) >= 11 is 0. The molecular weight excluding hydrogens is 214 g/mol. The summed E-state index contributed by atoms with van der Waals surface area (Å²) in [6.45, 7) is 3.92. The van der Waals surface area contributed by atoms with Crippen LogP contribution in [0.25, 0.3) is 0 Å². The maximum atomic E-state index is 11.2. The van der Waals surface area contributed by atoms with Gasteiger partial charge in [0.25, 0.3) is 0 Å². The first kappa shape index (κ1) is 12.1. The highest BCUT2D eigenvalue weighted by Gasteiger charge is 2.21. The molecule has 1 unspecified atom stereocenters. The van der Waals surface area contributed by atoms with Gasteiger partial charge in [-0.1, -0.05) is 0 Å². The van der Waals surface area contributed by atoms with Gasteiger partial charge >= 0.3 is 0 Å². The molecule has 0 aliphatic carbocycles. The van der Waals surface area contributed by atoms with Crippen molar-refractivity contribution >= 4 is 11.5 Å². The first-order valence-corrected chi connectivity index (χ1v) is 6.17. The molecule has 1 heterocycles. The van der Waals surface area contributed by atoms with Crippen LogP contribution in [-0.4, -0.2) is 30.6 Å². The van der Waals surface area contributed by atoms with Gasteiger partial charge in [0.15, 0.2) is 5.78 Å². The third-order valence-corrected chi connectivity index (χ3v) is 3.46. The van der Waals surface area contributed by atoms with Crippen molar-refractivity contribution in [3.63, 3.8) is 0 Å². The second-order valence-corrected chi connectivity index (χ2v) is 4.72. The van der Waals surface area contributed by atoms with Gasteiger partial charge in [-0.2, -0.15) is 0 Å². The van der Waals surface area contributed by atoms with E-state index in [1.165, 1.54) is 5.69 Å². The zero-order valence-corrected chi connectivity index (χ0v) is 10.2. The molecule has 92 valence electrons. The fourth-order valence-electron chi connectivity index (χ4n) is 2.39. The van der Waals surface area contributed by atoms with Gasteiger partial charge in [-0.3, -0.25) is 4.79 Å². The van der Waals surface area contributed by atoms with Crippen LogP contribution in [-0.2, 0) is 0 Å². The standard InChI is InChI=1S/C14H19NO2/c1-11(17)13-2-4-14(5-3-13)15-8-6-12(10-15)7-9-16/h2-5,12,16H,6-10H2,1H3. The van der Waals surface area contributed by atoms with E-state index in [9.17, 15) is 4.79 Å². The molecule has 3 nitrogen and oxygen atoms in total. The van der Waals surface area contributed by atoms with Crippen molar-refractivity contribution in [3.05, 3.63) is 29.8 Å². The summed E-state index contributed by atoms with van der Waals surface area (Å²) in [5, 5.41) is 8.92. The molecule has 0 radical (unpaired) electrons. The van der Waals surface area contributed by atoms with Crippen LogP contribution in [0.15, 0.2) is 24.3 Å². The number of hydrogen-bond donors (Lipinski definition) is 1. The minimum Gasteiger partial charge on any atom is -0.396 e. The first-order valence-electron chi connectivity index (χ1n) is 6.17. The van der Waals surface area contributed by atoms with Crippen molar-refractivity contribution in [1.82, 2.24) is 0 Å². The average Bonchev–Trinajstić information content (AvgIpc) is 2.78. The minimum absolute atomic E-state index is 0.108. The molecule has 0 spiro atoms. The molecule has 1 atom stereocenters. The Bertz CT molecular complexity index is 386. The number of ketones is 1. The average molecular weight is 233 g/mol. The number of rotatable bonds is 4. The fourth-order valence-corrected chi connectivity index (χ4v) is 2.39. The molecule has 1 saturated heterocycles. The van der Waals surface area contributed by atoms with Gasteiger partial charge in [-0.25, -0.2) is 0 Å². The zero-order chi connectivity index (χ0) is 12.3.